The predicted octanol–water partition coefficient (Wildman–Crippen LogP) is 1.95. The van der Waals surface area contributed by atoms with Gasteiger partial charge in [-0.15, -0.1) is 0 Å². The van der Waals surface area contributed by atoms with E-state index >= 15 is 0 Å². The van der Waals surface area contributed by atoms with Crippen molar-refractivity contribution >= 4 is 24.0 Å². The minimum atomic E-state index is -1.54. The molecule has 1 saturated carbocycles. The molecule has 1 aromatic carbocycles. The van der Waals surface area contributed by atoms with Crippen LogP contribution in [0.3, 0.4) is 0 Å². The van der Waals surface area contributed by atoms with Crippen LogP contribution in [0.5, 0.6) is 0 Å². The number of carboxylic acid groups (broad SMARTS) is 1. The van der Waals surface area contributed by atoms with Crippen LogP contribution in [0.1, 0.15) is 51.0 Å². The summed E-state index contributed by atoms with van der Waals surface area (Å²) in [6.07, 6.45) is 1.11. The summed E-state index contributed by atoms with van der Waals surface area (Å²) in [5.74, 6) is -0.719. The number of amides is 4. The number of nitrogens with one attached hydrogen (secondary N) is 3. The van der Waals surface area contributed by atoms with Gasteiger partial charge in [0.25, 0.3) is 5.91 Å². The molecule has 3 rings (SSSR count). The second-order valence-corrected chi connectivity index (χ2v) is 8.20. The number of alkyl carbamates (subject to hydrolysis) is 1. The largest absolute Gasteiger partial charge is 0.465 e. The molecule has 4 N–H and O–H groups in total. The van der Waals surface area contributed by atoms with Crippen LogP contribution >= 0.6 is 0 Å². The molecule has 10 nitrogen and oxygen atoms in total. The quantitative estimate of drug-likeness (QED) is 0.473. The number of likely N-dealkylation sites (tertiary alicyclic amines) is 1. The number of benzene rings is 1. The van der Waals surface area contributed by atoms with Gasteiger partial charge in [-0.2, -0.15) is 0 Å². The summed E-state index contributed by atoms with van der Waals surface area (Å²) < 4.78 is 5.27. The molecule has 10 heteroatoms. The topological polar surface area (TPSA) is 137 Å². The molecular weight excluding hydrogens is 416 g/mol. The highest BCUT2D eigenvalue weighted by Gasteiger charge is 2.51. The van der Waals surface area contributed by atoms with E-state index in [4.69, 9.17) is 9.84 Å². The number of nitrogens with zero attached hydrogens (tertiary/aromatic N) is 1. The number of hydrogen-bond acceptors (Lipinski definition) is 5. The van der Waals surface area contributed by atoms with Crippen molar-refractivity contribution in [3.63, 3.8) is 0 Å². The molecule has 2 fully saturated rings. The third kappa shape index (κ3) is 5.68. The summed E-state index contributed by atoms with van der Waals surface area (Å²) in [5.41, 5.74) is -0.739. The van der Waals surface area contributed by atoms with Crippen molar-refractivity contribution < 1.29 is 29.0 Å². The second-order valence-electron chi connectivity index (χ2n) is 8.20. The monoisotopic (exact) mass is 446 g/mol. The fourth-order valence-corrected chi connectivity index (χ4v) is 4.32. The van der Waals surface area contributed by atoms with E-state index in [9.17, 15) is 19.2 Å². The van der Waals surface area contributed by atoms with Gasteiger partial charge in [-0.1, -0.05) is 37.3 Å². The Morgan fingerprint density at radius 1 is 1.12 bits per heavy atom. The van der Waals surface area contributed by atoms with Crippen molar-refractivity contribution in [2.24, 2.45) is 0 Å². The molecule has 1 saturated heterocycles. The second kappa shape index (κ2) is 10.3. The van der Waals surface area contributed by atoms with Crippen molar-refractivity contribution in [3.05, 3.63) is 35.9 Å². The Kier molecular flexibility index (Phi) is 7.55. The van der Waals surface area contributed by atoms with Gasteiger partial charge in [-0.25, -0.2) is 9.59 Å². The fourth-order valence-electron chi connectivity index (χ4n) is 4.32. The van der Waals surface area contributed by atoms with Gasteiger partial charge in [-0.05, 0) is 31.2 Å². The first kappa shape index (κ1) is 23.4. The van der Waals surface area contributed by atoms with Crippen LogP contribution in [0.15, 0.2) is 30.3 Å². The first-order valence-electron chi connectivity index (χ1n) is 10.9. The third-order valence-electron chi connectivity index (χ3n) is 6.02. The highest BCUT2D eigenvalue weighted by Crippen LogP contribution is 2.30. The molecule has 2 aliphatic rings. The van der Waals surface area contributed by atoms with E-state index in [1.807, 2.05) is 30.3 Å². The standard InChI is InChI=1S/C22H30N4O6/c1-2-18(27)24-22(25-21(31)32-14-15-6-4-3-5-7-15)12-13-26(19(22)28)17-10-8-16(9-11-17)23-20(29)30/h3-7,16-17,23H,2,8-14H2,1H3,(H,24,27)(H,25,31)(H,29,30). The lowest BCUT2D eigenvalue weighted by Gasteiger charge is -2.36. The van der Waals surface area contributed by atoms with Gasteiger partial charge < -0.3 is 25.4 Å². The Bertz CT molecular complexity index is 840. The molecule has 1 atom stereocenters. The van der Waals surface area contributed by atoms with Gasteiger partial charge in [0.05, 0.1) is 0 Å². The Hall–Kier alpha value is -3.30. The summed E-state index contributed by atoms with van der Waals surface area (Å²) >= 11 is 0. The van der Waals surface area contributed by atoms with Crippen molar-refractivity contribution in [2.45, 2.75) is 69.8 Å². The molecule has 1 heterocycles. The van der Waals surface area contributed by atoms with Gasteiger partial charge in [0.1, 0.15) is 6.61 Å². The lowest BCUT2D eigenvalue weighted by molar-refractivity contribution is -0.140. The molecule has 0 spiro atoms. The fraction of sp³-hybridized carbons (Fsp3) is 0.545. The van der Waals surface area contributed by atoms with Crippen LogP contribution in [0.25, 0.3) is 0 Å². The van der Waals surface area contributed by atoms with E-state index in [2.05, 4.69) is 16.0 Å². The lowest BCUT2D eigenvalue weighted by atomic mass is 9.90. The summed E-state index contributed by atoms with van der Waals surface area (Å²) in [6, 6.07) is 8.96. The van der Waals surface area contributed by atoms with Crippen molar-refractivity contribution in [3.8, 4) is 0 Å². The van der Waals surface area contributed by atoms with E-state index in [-0.39, 0.29) is 43.3 Å². The maximum atomic E-state index is 13.4. The van der Waals surface area contributed by atoms with Gasteiger partial charge in [-0.3, -0.25) is 14.9 Å². The zero-order valence-electron chi connectivity index (χ0n) is 18.1. The van der Waals surface area contributed by atoms with Crippen LogP contribution in [0.4, 0.5) is 9.59 Å². The minimum Gasteiger partial charge on any atom is -0.465 e. The smallest absolute Gasteiger partial charge is 0.409 e. The average molecular weight is 447 g/mol. The Morgan fingerprint density at radius 2 is 1.81 bits per heavy atom. The van der Waals surface area contributed by atoms with Crippen LogP contribution in [-0.2, 0) is 20.9 Å². The molecule has 4 amide bonds. The zero-order chi connectivity index (χ0) is 23.1. The van der Waals surface area contributed by atoms with E-state index in [1.54, 1.807) is 11.8 Å². The van der Waals surface area contributed by atoms with Crippen LogP contribution in [0.2, 0.25) is 0 Å². The van der Waals surface area contributed by atoms with Crippen LogP contribution in [-0.4, -0.2) is 58.3 Å². The zero-order valence-corrected chi connectivity index (χ0v) is 18.1. The van der Waals surface area contributed by atoms with E-state index < -0.39 is 17.8 Å². The highest BCUT2D eigenvalue weighted by molar-refractivity contribution is 5.95. The van der Waals surface area contributed by atoms with Gasteiger partial charge >= 0.3 is 12.2 Å². The lowest BCUT2D eigenvalue weighted by Crippen LogP contribution is -2.65. The number of carbonyl (C=O) groups is 4. The Morgan fingerprint density at radius 3 is 2.44 bits per heavy atom. The number of hydrogen-bond donors (Lipinski definition) is 4. The van der Waals surface area contributed by atoms with Crippen molar-refractivity contribution in [2.75, 3.05) is 6.54 Å². The Balaban J connectivity index is 1.64. The molecule has 0 bridgehead atoms. The number of ether oxygens (including phenoxy) is 1. The number of rotatable bonds is 7. The normalized spacial score (nSPS) is 25.2. The van der Waals surface area contributed by atoms with E-state index in [1.165, 1.54) is 0 Å². The summed E-state index contributed by atoms with van der Waals surface area (Å²) in [4.78, 5) is 50.6. The molecule has 0 radical (unpaired) electrons. The summed E-state index contributed by atoms with van der Waals surface area (Å²) in [7, 11) is 0. The van der Waals surface area contributed by atoms with Gasteiger partial charge in [0.2, 0.25) is 5.91 Å². The van der Waals surface area contributed by atoms with Crippen LogP contribution in [0, 0.1) is 0 Å². The molecule has 1 unspecified atom stereocenters. The van der Waals surface area contributed by atoms with E-state index in [0.29, 0.717) is 32.2 Å². The van der Waals surface area contributed by atoms with Crippen molar-refractivity contribution in [1.82, 2.24) is 20.9 Å². The molecular formula is C22H30N4O6. The van der Waals surface area contributed by atoms with Gasteiger partial charge in [0.15, 0.2) is 5.66 Å². The maximum absolute atomic E-state index is 13.4. The maximum Gasteiger partial charge on any atom is 0.409 e. The molecule has 1 aliphatic heterocycles. The van der Waals surface area contributed by atoms with E-state index in [0.717, 1.165) is 5.56 Å². The van der Waals surface area contributed by atoms with Crippen LogP contribution < -0.4 is 16.0 Å². The Labute approximate surface area is 186 Å². The molecule has 1 aromatic rings. The first-order valence-corrected chi connectivity index (χ1v) is 10.9. The minimum absolute atomic E-state index is 0.0446. The average Bonchev–Trinajstić information content (AvgIpc) is 3.08. The molecule has 174 valence electrons. The number of carbonyl (C=O) groups excluding carboxylic acids is 3. The molecule has 1 aliphatic carbocycles. The summed E-state index contributed by atoms with van der Waals surface area (Å²) in [5, 5.41) is 16.7. The molecule has 0 aromatic heterocycles. The predicted molar refractivity (Wildman–Crippen MR) is 114 cm³/mol. The van der Waals surface area contributed by atoms with Crippen molar-refractivity contribution in [1.29, 1.82) is 0 Å². The first-order chi connectivity index (χ1) is 15.3. The third-order valence-corrected chi connectivity index (χ3v) is 6.02. The molecule has 32 heavy (non-hydrogen) atoms. The highest BCUT2D eigenvalue weighted by atomic mass is 16.5. The van der Waals surface area contributed by atoms with Gasteiger partial charge in [0, 0.05) is 31.5 Å². The summed E-state index contributed by atoms with van der Waals surface area (Å²) in [6.45, 7) is 2.09. The SMILES string of the molecule is CCC(=O)NC1(NC(=O)OCc2ccccc2)CCN(C2CCC(NC(=O)O)CC2)C1=O.